The van der Waals surface area contributed by atoms with Gasteiger partial charge < -0.3 is 10.6 Å². The summed E-state index contributed by atoms with van der Waals surface area (Å²) < 4.78 is 0. The van der Waals surface area contributed by atoms with Crippen molar-refractivity contribution in [2.45, 2.75) is 59.5 Å². The molecule has 0 aromatic heterocycles. The first kappa shape index (κ1) is 14.4. The molecule has 0 spiro atoms. The van der Waals surface area contributed by atoms with Crippen LogP contribution in [0.5, 0.6) is 0 Å². The van der Waals surface area contributed by atoms with Crippen LogP contribution in [0.1, 0.15) is 52.2 Å². The average molecular weight is 260 g/mol. The molecule has 0 fully saturated rings. The number of hydrogen-bond donors (Lipinski definition) is 2. The summed E-state index contributed by atoms with van der Waals surface area (Å²) in [6.45, 7) is 13.5. The van der Waals surface area contributed by atoms with Gasteiger partial charge in [0.2, 0.25) is 0 Å². The van der Waals surface area contributed by atoms with E-state index in [1.807, 2.05) is 0 Å². The molecule has 0 aliphatic carbocycles. The van der Waals surface area contributed by atoms with Gasteiger partial charge in [-0.3, -0.25) is 0 Å². The van der Waals surface area contributed by atoms with Crippen molar-refractivity contribution in [2.75, 3.05) is 11.9 Å². The van der Waals surface area contributed by atoms with Gasteiger partial charge in [0.05, 0.1) is 0 Å². The van der Waals surface area contributed by atoms with Crippen molar-refractivity contribution < 1.29 is 0 Å². The molecule has 0 saturated carbocycles. The molecule has 0 amide bonds. The lowest BCUT2D eigenvalue weighted by Gasteiger charge is -2.33. The maximum atomic E-state index is 3.72. The fourth-order valence-electron chi connectivity index (χ4n) is 3.28. The highest BCUT2D eigenvalue weighted by molar-refractivity contribution is 5.61. The zero-order valence-corrected chi connectivity index (χ0v) is 13.1. The normalized spacial score (nSPS) is 15.2. The van der Waals surface area contributed by atoms with E-state index < -0.39 is 0 Å². The van der Waals surface area contributed by atoms with Crippen LogP contribution in [0.25, 0.3) is 0 Å². The van der Waals surface area contributed by atoms with Crippen LogP contribution >= 0.6 is 0 Å². The molecule has 1 aliphatic heterocycles. The number of para-hydroxylation sites is 1. The van der Waals surface area contributed by atoms with Gasteiger partial charge in [0.15, 0.2) is 0 Å². The number of anilines is 1. The van der Waals surface area contributed by atoms with Gasteiger partial charge in [-0.25, -0.2) is 0 Å². The van der Waals surface area contributed by atoms with Gasteiger partial charge in [-0.15, -0.1) is 0 Å². The van der Waals surface area contributed by atoms with Crippen LogP contribution in [0.4, 0.5) is 5.69 Å². The van der Waals surface area contributed by atoms with E-state index in [0.29, 0.717) is 5.41 Å². The van der Waals surface area contributed by atoms with E-state index in [0.717, 1.165) is 19.5 Å². The number of rotatable bonds is 4. The van der Waals surface area contributed by atoms with Crippen LogP contribution in [-0.4, -0.2) is 12.1 Å². The fourth-order valence-corrected chi connectivity index (χ4v) is 3.28. The Morgan fingerprint density at radius 1 is 1.16 bits per heavy atom. The Labute approximate surface area is 118 Å². The van der Waals surface area contributed by atoms with Crippen LogP contribution in [0, 0.1) is 5.41 Å². The van der Waals surface area contributed by atoms with Gasteiger partial charge in [0.1, 0.15) is 0 Å². The molecule has 2 heteroatoms. The van der Waals surface area contributed by atoms with E-state index in [4.69, 9.17) is 0 Å². The minimum absolute atomic E-state index is 0.166. The van der Waals surface area contributed by atoms with E-state index >= 15 is 0 Å². The molecule has 0 atom stereocenters. The topological polar surface area (TPSA) is 24.1 Å². The molecule has 2 nitrogen and oxygen atoms in total. The van der Waals surface area contributed by atoms with Gasteiger partial charge in [0.25, 0.3) is 0 Å². The Kier molecular flexibility index (Phi) is 3.91. The van der Waals surface area contributed by atoms with Crippen molar-refractivity contribution in [1.29, 1.82) is 0 Å². The summed E-state index contributed by atoms with van der Waals surface area (Å²) in [6.07, 6.45) is 2.33. The van der Waals surface area contributed by atoms with Crippen molar-refractivity contribution in [1.82, 2.24) is 5.32 Å². The Balaban J connectivity index is 2.01. The van der Waals surface area contributed by atoms with Crippen molar-refractivity contribution in [3.05, 3.63) is 29.3 Å². The first-order valence-electron chi connectivity index (χ1n) is 7.37. The lowest BCUT2D eigenvalue weighted by atomic mass is 9.81. The standard InChI is InChI=1S/C17H28N2/c1-16(2,3)12-17(4,5)19-11-14-8-6-7-13-9-10-18-15(13)14/h6-8,18-19H,9-12H2,1-5H3. The van der Waals surface area contributed by atoms with Gasteiger partial charge in [-0.05, 0) is 43.2 Å². The number of nitrogens with one attached hydrogen (secondary N) is 2. The van der Waals surface area contributed by atoms with Crippen LogP contribution in [0.2, 0.25) is 0 Å². The third-order valence-electron chi connectivity index (χ3n) is 3.66. The minimum atomic E-state index is 0.166. The lowest BCUT2D eigenvalue weighted by molar-refractivity contribution is 0.241. The van der Waals surface area contributed by atoms with E-state index in [1.165, 1.54) is 23.2 Å². The molecule has 19 heavy (non-hydrogen) atoms. The first-order valence-corrected chi connectivity index (χ1v) is 7.37. The monoisotopic (exact) mass is 260 g/mol. The largest absolute Gasteiger partial charge is 0.384 e. The fraction of sp³-hybridized carbons (Fsp3) is 0.647. The van der Waals surface area contributed by atoms with Gasteiger partial charge in [-0.1, -0.05) is 39.0 Å². The van der Waals surface area contributed by atoms with Crippen LogP contribution in [0.15, 0.2) is 18.2 Å². The summed E-state index contributed by atoms with van der Waals surface area (Å²) in [5, 5.41) is 7.23. The second-order valence-electron chi connectivity index (χ2n) is 7.60. The summed E-state index contributed by atoms with van der Waals surface area (Å²) in [5.74, 6) is 0. The Morgan fingerprint density at radius 2 is 1.89 bits per heavy atom. The third kappa shape index (κ3) is 3.97. The van der Waals surface area contributed by atoms with E-state index in [2.05, 4.69) is 63.5 Å². The second kappa shape index (κ2) is 5.16. The van der Waals surface area contributed by atoms with Crippen molar-refractivity contribution >= 4 is 5.69 Å². The quantitative estimate of drug-likeness (QED) is 0.856. The minimum Gasteiger partial charge on any atom is -0.384 e. The third-order valence-corrected chi connectivity index (χ3v) is 3.66. The molecule has 0 unspecified atom stereocenters. The molecule has 0 radical (unpaired) electrons. The number of benzene rings is 1. The molecule has 2 rings (SSSR count). The summed E-state index contributed by atoms with van der Waals surface area (Å²) in [4.78, 5) is 0. The van der Waals surface area contributed by atoms with Gasteiger partial charge in [-0.2, -0.15) is 0 Å². The van der Waals surface area contributed by atoms with E-state index in [1.54, 1.807) is 0 Å². The summed E-state index contributed by atoms with van der Waals surface area (Å²) in [5.41, 5.74) is 4.75. The van der Waals surface area contributed by atoms with Crippen molar-refractivity contribution in [3.63, 3.8) is 0 Å². The maximum absolute atomic E-state index is 3.72. The van der Waals surface area contributed by atoms with Gasteiger partial charge >= 0.3 is 0 Å². The SMILES string of the molecule is CC(C)(C)CC(C)(C)NCc1cccc2c1NCC2. The predicted octanol–water partition coefficient (Wildman–Crippen LogP) is 3.96. The summed E-state index contributed by atoms with van der Waals surface area (Å²) in [6, 6.07) is 6.65. The molecular weight excluding hydrogens is 232 g/mol. The molecular formula is C17H28N2. The lowest BCUT2D eigenvalue weighted by Crippen LogP contribution is -2.41. The highest BCUT2D eigenvalue weighted by Gasteiger charge is 2.25. The van der Waals surface area contributed by atoms with Crippen LogP contribution < -0.4 is 10.6 Å². The molecule has 1 aliphatic rings. The van der Waals surface area contributed by atoms with Crippen LogP contribution in [0.3, 0.4) is 0 Å². The molecule has 1 aromatic rings. The zero-order chi connectivity index (χ0) is 14.1. The molecule has 0 bridgehead atoms. The first-order chi connectivity index (χ1) is 8.77. The number of fused-ring (bicyclic) bond motifs is 1. The zero-order valence-electron chi connectivity index (χ0n) is 13.1. The smallest absolute Gasteiger partial charge is 0.0419 e. The summed E-state index contributed by atoms with van der Waals surface area (Å²) >= 11 is 0. The molecule has 106 valence electrons. The van der Waals surface area contributed by atoms with E-state index in [-0.39, 0.29) is 5.54 Å². The van der Waals surface area contributed by atoms with Crippen LogP contribution in [-0.2, 0) is 13.0 Å². The van der Waals surface area contributed by atoms with E-state index in [9.17, 15) is 0 Å². The highest BCUT2D eigenvalue weighted by atomic mass is 15.0. The predicted molar refractivity (Wildman–Crippen MR) is 83.6 cm³/mol. The Bertz CT molecular complexity index is 441. The van der Waals surface area contributed by atoms with Crippen molar-refractivity contribution in [2.24, 2.45) is 5.41 Å². The molecule has 0 saturated heterocycles. The highest BCUT2D eigenvalue weighted by Crippen LogP contribution is 2.29. The van der Waals surface area contributed by atoms with Crippen molar-refractivity contribution in [3.8, 4) is 0 Å². The maximum Gasteiger partial charge on any atom is 0.0419 e. The van der Waals surface area contributed by atoms with Gasteiger partial charge in [0, 0.05) is 24.3 Å². The molecule has 1 aromatic carbocycles. The second-order valence-corrected chi connectivity index (χ2v) is 7.60. The Hall–Kier alpha value is -1.02. The number of hydrogen-bond acceptors (Lipinski definition) is 2. The summed E-state index contributed by atoms with van der Waals surface area (Å²) in [7, 11) is 0. The molecule has 1 heterocycles. The Morgan fingerprint density at radius 3 is 2.58 bits per heavy atom. The average Bonchev–Trinajstić information content (AvgIpc) is 2.71. The molecule has 2 N–H and O–H groups in total.